The molecular formula is C12H15ClO2. The summed E-state index contributed by atoms with van der Waals surface area (Å²) in [7, 11) is 1.66. The summed E-state index contributed by atoms with van der Waals surface area (Å²) in [5.74, 6) is 0. The predicted octanol–water partition coefficient (Wildman–Crippen LogP) is 2.55. The third-order valence-corrected chi connectivity index (χ3v) is 3.05. The van der Waals surface area contributed by atoms with Crippen LogP contribution in [-0.4, -0.2) is 17.8 Å². The molecule has 0 unspecified atom stereocenters. The largest absolute Gasteiger partial charge is 0.390 e. The molecular weight excluding hydrogens is 212 g/mol. The first kappa shape index (κ1) is 10.9. The first-order chi connectivity index (χ1) is 7.13. The Morgan fingerprint density at radius 1 is 1.40 bits per heavy atom. The number of ether oxygens (including phenoxy) is 1. The van der Waals surface area contributed by atoms with Crippen LogP contribution in [0.25, 0.3) is 0 Å². The highest BCUT2D eigenvalue weighted by Crippen LogP contribution is 2.39. The van der Waals surface area contributed by atoms with Gasteiger partial charge in [0.1, 0.15) is 0 Å². The molecule has 3 heteroatoms. The van der Waals surface area contributed by atoms with Gasteiger partial charge in [-0.15, -0.1) is 0 Å². The molecule has 1 aromatic carbocycles. The standard InChI is InChI=1S/C12H15ClO2/c1-15-8-10-6-11(13)3-2-9(10)7-12(14)4-5-12/h2-3,6,14H,4-5,7-8H2,1H3. The van der Waals surface area contributed by atoms with E-state index >= 15 is 0 Å². The lowest BCUT2D eigenvalue weighted by atomic mass is 10.0. The lowest BCUT2D eigenvalue weighted by Crippen LogP contribution is -2.12. The molecule has 1 aromatic rings. The second kappa shape index (κ2) is 4.12. The van der Waals surface area contributed by atoms with Gasteiger partial charge < -0.3 is 9.84 Å². The molecule has 0 heterocycles. The number of aliphatic hydroxyl groups is 1. The zero-order chi connectivity index (χ0) is 10.9. The molecule has 82 valence electrons. The van der Waals surface area contributed by atoms with Crippen molar-refractivity contribution >= 4 is 11.6 Å². The summed E-state index contributed by atoms with van der Waals surface area (Å²) in [6.07, 6.45) is 2.52. The maximum absolute atomic E-state index is 9.87. The Hall–Kier alpha value is -0.570. The van der Waals surface area contributed by atoms with Gasteiger partial charge >= 0.3 is 0 Å². The minimum Gasteiger partial charge on any atom is -0.390 e. The van der Waals surface area contributed by atoms with Crippen LogP contribution in [0.1, 0.15) is 24.0 Å². The summed E-state index contributed by atoms with van der Waals surface area (Å²) in [5, 5.41) is 10.6. The molecule has 0 aromatic heterocycles. The molecule has 0 bridgehead atoms. The summed E-state index contributed by atoms with van der Waals surface area (Å²) < 4.78 is 5.12. The first-order valence-electron chi connectivity index (χ1n) is 5.12. The van der Waals surface area contributed by atoms with Crippen LogP contribution in [-0.2, 0) is 17.8 Å². The number of benzene rings is 1. The molecule has 0 atom stereocenters. The molecule has 1 N–H and O–H groups in total. The van der Waals surface area contributed by atoms with Crippen molar-refractivity contribution in [3.63, 3.8) is 0 Å². The average Bonchev–Trinajstić information content (AvgIpc) is 2.89. The SMILES string of the molecule is COCc1cc(Cl)ccc1CC1(O)CC1. The van der Waals surface area contributed by atoms with E-state index < -0.39 is 5.60 Å². The van der Waals surface area contributed by atoms with Crippen LogP contribution in [0.3, 0.4) is 0 Å². The van der Waals surface area contributed by atoms with E-state index in [1.807, 2.05) is 18.2 Å². The van der Waals surface area contributed by atoms with Gasteiger partial charge in [-0.3, -0.25) is 0 Å². The molecule has 1 saturated carbocycles. The van der Waals surface area contributed by atoms with Gasteiger partial charge in [-0.25, -0.2) is 0 Å². The third kappa shape index (κ3) is 2.71. The van der Waals surface area contributed by atoms with Crippen molar-refractivity contribution in [1.29, 1.82) is 0 Å². The fraction of sp³-hybridized carbons (Fsp3) is 0.500. The molecule has 2 rings (SSSR count). The van der Waals surface area contributed by atoms with E-state index in [-0.39, 0.29) is 0 Å². The number of methoxy groups -OCH3 is 1. The highest BCUT2D eigenvalue weighted by atomic mass is 35.5. The fourth-order valence-corrected chi connectivity index (χ4v) is 1.93. The van der Waals surface area contributed by atoms with Crippen molar-refractivity contribution in [3.8, 4) is 0 Å². The molecule has 1 aliphatic rings. The number of hydrogen-bond donors (Lipinski definition) is 1. The molecule has 15 heavy (non-hydrogen) atoms. The van der Waals surface area contributed by atoms with Crippen LogP contribution in [0.5, 0.6) is 0 Å². The quantitative estimate of drug-likeness (QED) is 0.855. The van der Waals surface area contributed by atoms with Crippen molar-refractivity contribution in [3.05, 3.63) is 34.3 Å². The second-order valence-electron chi connectivity index (χ2n) is 4.25. The second-order valence-corrected chi connectivity index (χ2v) is 4.68. The van der Waals surface area contributed by atoms with Gasteiger partial charge in [0.15, 0.2) is 0 Å². The summed E-state index contributed by atoms with van der Waals surface area (Å²) in [4.78, 5) is 0. The smallest absolute Gasteiger partial charge is 0.0716 e. The van der Waals surface area contributed by atoms with E-state index in [4.69, 9.17) is 16.3 Å². The third-order valence-electron chi connectivity index (χ3n) is 2.81. The maximum Gasteiger partial charge on any atom is 0.0716 e. The summed E-state index contributed by atoms with van der Waals surface area (Å²) in [5.41, 5.74) is 1.75. The Kier molecular flexibility index (Phi) is 3.01. The van der Waals surface area contributed by atoms with Gasteiger partial charge in [-0.1, -0.05) is 17.7 Å². The lowest BCUT2D eigenvalue weighted by Gasteiger charge is -2.12. The Morgan fingerprint density at radius 3 is 2.73 bits per heavy atom. The first-order valence-corrected chi connectivity index (χ1v) is 5.49. The van der Waals surface area contributed by atoms with Crippen molar-refractivity contribution < 1.29 is 9.84 Å². The summed E-state index contributed by atoms with van der Waals surface area (Å²) >= 11 is 5.92. The van der Waals surface area contributed by atoms with E-state index in [9.17, 15) is 5.11 Å². The van der Waals surface area contributed by atoms with Crippen molar-refractivity contribution in [1.82, 2.24) is 0 Å². The van der Waals surface area contributed by atoms with E-state index in [2.05, 4.69) is 0 Å². The van der Waals surface area contributed by atoms with E-state index in [0.717, 1.165) is 24.0 Å². The lowest BCUT2D eigenvalue weighted by molar-refractivity contribution is 0.148. The fourth-order valence-electron chi connectivity index (χ4n) is 1.73. The number of halogens is 1. The van der Waals surface area contributed by atoms with Gasteiger partial charge in [0, 0.05) is 18.6 Å². The molecule has 0 radical (unpaired) electrons. The van der Waals surface area contributed by atoms with Crippen LogP contribution in [0.2, 0.25) is 5.02 Å². The van der Waals surface area contributed by atoms with Crippen LogP contribution in [0.4, 0.5) is 0 Å². The van der Waals surface area contributed by atoms with Gasteiger partial charge in [0.2, 0.25) is 0 Å². The molecule has 1 aliphatic carbocycles. The van der Waals surface area contributed by atoms with Crippen molar-refractivity contribution in [2.24, 2.45) is 0 Å². The monoisotopic (exact) mass is 226 g/mol. The molecule has 0 aliphatic heterocycles. The van der Waals surface area contributed by atoms with Crippen molar-refractivity contribution in [2.45, 2.75) is 31.5 Å². The van der Waals surface area contributed by atoms with Crippen LogP contribution < -0.4 is 0 Å². The van der Waals surface area contributed by atoms with Gasteiger partial charge in [0.25, 0.3) is 0 Å². The predicted molar refractivity (Wildman–Crippen MR) is 60.1 cm³/mol. The topological polar surface area (TPSA) is 29.5 Å². The van der Waals surface area contributed by atoms with Crippen molar-refractivity contribution in [2.75, 3.05) is 7.11 Å². The zero-order valence-corrected chi connectivity index (χ0v) is 9.55. The summed E-state index contributed by atoms with van der Waals surface area (Å²) in [6.45, 7) is 0.548. The number of rotatable bonds is 4. The zero-order valence-electron chi connectivity index (χ0n) is 8.79. The normalized spacial score (nSPS) is 17.8. The van der Waals surface area contributed by atoms with Crippen LogP contribution >= 0.6 is 11.6 Å². The van der Waals surface area contributed by atoms with Gasteiger partial charge in [-0.2, -0.15) is 0 Å². The Balaban J connectivity index is 2.20. The summed E-state index contributed by atoms with van der Waals surface area (Å²) in [6, 6.07) is 5.75. The Bertz CT molecular complexity index is 359. The minimum atomic E-state index is -0.462. The highest BCUT2D eigenvalue weighted by molar-refractivity contribution is 6.30. The van der Waals surface area contributed by atoms with Crippen LogP contribution in [0, 0.1) is 0 Å². The van der Waals surface area contributed by atoms with Gasteiger partial charge in [0.05, 0.1) is 12.2 Å². The highest BCUT2D eigenvalue weighted by Gasteiger charge is 2.40. The Labute approximate surface area is 94.8 Å². The van der Waals surface area contributed by atoms with Gasteiger partial charge in [-0.05, 0) is 36.1 Å². The van der Waals surface area contributed by atoms with E-state index in [0.29, 0.717) is 18.1 Å². The Morgan fingerprint density at radius 2 is 2.13 bits per heavy atom. The minimum absolute atomic E-state index is 0.462. The molecule has 2 nitrogen and oxygen atoms in total. The molecule has 1 fully saturated rings. The molecule has 0 amide bonds. The maximum atomic E-state index is 9.87. The average molecular weight is 227 g/mol. The number of hydrogen-bond acceptors (Lipinski definition) is 2. The van der Waals surface area contributed by atoms with E-state index in [1.54, 1.807) is 7.11 Å². The molecule has 0 saturated heterocycles. The van der Waals surface area contributed by atoms with Crippen LogP contribution in [0.15, 0.2) is 18.2 Å². The van der Waals surface area contributed by atoms with E-state index in [1.165, 1.54) is 0 Å². The molecule has 0 spiro atoms.